The van der Waals surface area contributed by atoms with E-state index in [-0.39, 0.29) is 5.56 Å². The van der Waals surface area contributed by atoms with Gasteiger partial charge in [0.2, 0.25) is 0 Å². The van der Waals surface area contributed by atoms with E-state index in [0.717, 1.165) is 6.16 Å². The average molecular weight is 344 g/mol. The number of aromatic nitrogens is 2. The fourth-order valence-electron chi connectivity index (χ4n) is 2.68. The normalized spacial score (nSPS) is 28.2. The zero-order chi connectivity index (χ0) is 17.4. The third kappa shape index (κ3) is 4.04. The van der Waals surface area contributed by atoms with Gasteiger partial charge in [-0.05, 0) is 32.8 Å². The molecule has 1 aliphatic heterocycles. The van der Waals surface area contributed by atoms with E-state index in [9.17, 15) is 19.8 Å². The van der Waals surface area contributed by atoms with Gasteiger partial charge in [0.25, 0.3) is 5.56 Å². The lowest BCUT2D eigenvalue weighted by Crippen LogP contribution is -2.35. The van der Waals surface area contributed by atoms with Crippen LogP contribution < -0.4 is 11.2 Å². The molecule has 1 aromatic rings. The fraction of sp³-hybridized carbons (Fsp3) is 0.667. The van der Waals surface area contributed by atoms with Gasteiger partial charge in [-0.15, -0.1) is 13.2 Å². The van der Waals surface area contributed by atoms with Crippen molar-refractivity contribution in [3.8, 4) is 0 Å². The molecule has 1 unspecified atom stereocenters. The molecule has 4 atom stereocenters. The Bertz CT molecular complexity index is 719. The first kappa shape index (κ1) is 18.2. The highest BCUT2D eigenvalue weighted by Gasteiger charge is 2.44. The Kier molecular flexibility index (Phi) is 5.36. The number of nitrogens with one attached hydrogen (secondary N) is 1. The lowest BCUT2D eigenvalue weighted by Gasteiger charge is -2.18. The molecule has 0 radical (unpaired) electrons. The van der Waals surface area contributed by atoms with Crippen molar-refractivity contribution >= 4 is 13.2 Å². The van der Waals surface area contributed by atoms with Crippen LogP contribution in [0.2, 0.25) is 0 Å². The molecule has 3 N–H and O–H groups in total. The van der Waals surface area contributed by atoms with Crippen LogP contribution in [0, 0.1) is 0 Å². The van der Waals surface area contributed by atoms with Crippen molar-refractivity contribution in [3.05, 3.63) is 32.6 Å². The second kappa shape index (κ2) is 6.77. The molecule has 0 aliphatic carbocycles. The van der Waals surface area contributed by atoms with Crippen LogP contribution in [-0.4, -0.2) is 63.9 Å². The number of aliphatic hydroxyl groups excluding tert-OH is 2. The number of ether oxygens (including phenoxy) is 1. The van der Waals surface area contributed by atoms with E-state index >= 15 is 0 Å². The molecule has 2 heterocycles. The number of nitrogens with zero attached hydrogens (tertiary/aromatic N) is 1. The van der Waals surface area contributed by atoms with Crippen LogP contribution in [0.25, 0.3) is 0 Å². The van der Waals surface area contributed by atoms with Gasteiger partial charge < -0.3 is 19.5 Å². The van der Waals surface area contributed by atoms with E-state index < -0.39 is 42.6 Å². The summed E-state index contributed by atoms with van der Waals surface area (Å²) in [5.74, 6) is 0. The summed E-state index contributed by atoms with van der Waals surface area (Å²) in [6.07, 6.45) is 3.15. The van der Waals surface area contributed by atoms with Crippen molar-refractivity contribution in [1.29, 1.82) is 0 Å². The molecule has 8 heteroatoms. The Morgan fingerprint density at radius 1 is 1.35 bits per heavy atom. The summed E-state index contributed by atoms with van der Waals surface area (Å²) in [6, 6.07) is 0. The molecular weight excluding hydrogens is 319 g/mol. The molecule has 130 valence electrons. The second-order valence-corrected chi connectivity index (χ2v) is 11.0. The minimum Gasteiger partial charge on any atom is -0.388 e. The first-order chi connectivity index (χ1) is 10.6. The first-order valence-corrected chi connectivity index (χ1v) is 10.7. The molecule has 1 aliphatic rings. The van der Waals surface area contributed by atoms with Crippen LogP contribution in [0.4, 0.5) is 0 Å². The highest BCUT2D eigenvalue weighted by molar-refractivity contribution is 7.72. The van der Waals surface area contributed by atoms with E-state index in [0.29, 0.717) is 13.0 Å². The van der Waals surface area contributed by atoms with Gasteiger partial charge in [0, 0.05) is 12.7 Å². The molecule has 23 heavy (non-hydrogen) atoms. The lowest BCUT2D eigenvalue weighted by molar-refractivity contribution is 0.00494. The van der Waals surface area contributed by atoms with Gasteiger partial charge in [-0.1, -0.05) is 0 Å². The number of aryl methyl sites for hydroxylation is 1. The maximum atomic E-state index is 12.0. The molecule has 0 aromatic carbocycles. The molecule has 2 rings (SSSR count). The summed E-state index contributed by atoms with van der Waals surface area (Å²) in [4.78, 5) is 25.9. The zero-order valence-electron chi connectivity index (χ0n) is 13.7. The number of hydrogen-bond donors (Lipinski definition) is 3. The summed E-state index contributed by atoms with van der Waals surface area (Å²) in [5.41, 5.74) is -0.944. The van der Waals surface area contributed by atoms with Crippen molar-refractivity contribution in [2.75, 3.05) is 19.5 Å². The number of hydrogen-bond acceptors (Lipinski definition) is 5. The van der Waals surface area contributed by atoms with E-state index in [1.165, 1.54) is 10.8 Å². The maximum absolute atomic E-state index is 12.0. The third-order valence-corrected chi connectivity index (χ3v) is 5.54. The van der Waals surface area contributed by atoms with Crippen molar-refractivity contribution < 1.29 is 14.9 Å². The number of aromatic amines is 1. The summed E-state index contributed by atoms with van der Waals surface area (Å²) >= 11 is 0. The Labute approximate surface area is 134 Å². The quantitative estimate of drug-likeness (QED) is 0.643. The fourth-order valence-corrected chi connectivity index (χ4v) is 3.64. The van der Waals surface area contributed by atoms with Crippen LogP contribution in [0.15, 0.2) is 15.8 Å². The number of H-pyrrole nitrogens is 1. The SMILES string of the molecule is C=P(C)(C)CCC1O[C@@H](c2cn(CC)c(=O)[nH]c2=O)[C@H](O)[C@@H]1O. The minimum absolute atomic E-state index is 0.157. The number of aliphatic hydroxyl groups is 2. The number of rotatable bonds is 5. The largest absolute Gasteiger partial charge is 0.388 e. The van der Waals surface area contributed by atoms with E-state index in [4.69, 9.17) is 4.74 Å². The summed E-state index contributed by atoms with van der Waals surface area (Å²) in [5, 5.41) is 20.4. The van der Waals surface area contributed by atoms with Gasteiger partial charge in [0.1, 0.15) is 18.3 Å². The smallest absolute Gasteiger partial charge is 0.328 e. The highest BCUT2D eigenvalue weighted by Crippen LogP contribution is 2.40. The maximum Gasteiger partial charge on any atom is 0.328 e. The standard InChI is InChI=1S/C15H25N2O5P/c1-5-17-8-9(14(20)16-15(17)21)13-12(19)11(18)10(22-13)6-7-23(2,3)4/h8,10-13,18-19H,2,5-7H2,1,3-4H3,(H,16,20,21)/t10?,11-,12-,13+/m1/s1. The monoisotopic (exact) mass is 344 g/mol. The van der Waals surface area contributed by atoms with E-state index in [2.05, 4.69) is 24.6 Å². The zero-order valence-corrected chi connectivity index (χ0v) is 14.6. The van der Waals surface area contributed by atoms with Crippen LogP contribution in [-0.2, 0) is 11.3 Å². The van der Waals surface area contributed by atoms with Crippen molar-refractivity contribution in [3.63, 3.8) is 0 Å². The topological polar surface area (TPSA) is 105 Å². The van der Waals surface area contributed by atoms with Crippen LogP contribution >= 0.6 is 6.89 Å². The van der Waals surface area contributed by atoms with Gasteiger partial charge in [-0.25, -0.2) is 4.79 Å². The van der Waals surface area contributed by atoms with E-state index in [1.54, 1.807) is 6.92 Å². The van der Waals surface area contributed by atoms with Gasteiger partial charge in [0.05, 0.1) is 11.7 Å². The van der Waals surface area contributed by atoms with Crippen LogP contribution in [0.1, 0.15) is 25.0 Å². The Balaban J connectivity index is 2.26. The summed E-state index contributed by atoms with van der Waals surface area (Å²) in [6.45, 7) is 5.06. The Morgan fingerprint density at radius 2 is 2.00 bits per heavy atom. The van der Waals surface area contributed by atoms with Gasteiger partial charge in [0.15, 0.2) is 0 Å². The molecule has 1 aromatic heterocycles. The van der Waals surface area contributed by atoms with E-state index in [1.807, 2.05) is 0 Å². The third-order valence-electron chi connectivity index (χ3n) is 4.07. The van der Waals surface area contributed by atoms with Crippen molar-refractivity contribution in [2.45, 2.75) is 44.3 Å². The lowest BCUT2D eigenvalue weighted by atomic mass is 10.0. The summed E-state index contributed by atoms with van der Waals surface area (Å²) in [7, 11) is 0. The predicted octanol–water partition coefficient (Wildman–Crippen LogP) is -0.182. The molecule has 0 saturated carbocycles. The molecule has 7 nitrogen and oxygen atoms in total. The molecule has 1 fully saturated rings. The highest BCUT2D eigenvalue weighted by atomic mass is 31.2. The predicted molar refractivity (Wildman–Crippen MR) is 92.0 cm³/mol. The van der Waals surface area contributed by atoms with Crippen LogP contribution in [0.5, 0.6) is 0 Å². The minimum atomic E-state index is -1.27. The first-order valence-electron chi connectivity index (χ1n) is 7.66. The molecule has 0 amide bonds. The summed E-state index contributed by atoms with van der Waals surface area (Å²) < 4.78 is 7.07. The van der Waals surface area contributed by atoms with Crippen molar-refractivity contribution in [1.82, 2.24) is 9.55 Å². The molecular formula is C15H25N2O5P. The van der Waals surface area contributed by atoms with Gasteiger partial charge in [-0.2, -0.15) is 0 Å². The molecule has 1 saturated heterocycles. The average Bonchev–Trinajstić information content (AvgIpc) is 2.73. The second-order valence-electron chi connectivity index (χ2n) is 6.65. The van der Waals surface area contributed by atoms with Crippen molar-refractivity contribution in [2.24, 2.45) is 0 Å². The van der Waals surface area contributed by atoms with Gasteiger partial charge in [-0.3, -0.25) is 9.78 Å². The van der Waals surface area contributed by atoms with Crippen LogP contribution in [0.3, 0.4) is 0 Å². The molecule has 0 bridgehead atoms. The Morgan fingerprint density at radius 3 is 2.57 bits per heavy atom. The molecule has 0 spiro atoms. The van der Waals surface area contributed by atoms with Gasteiger partial charge >= 0.3 is 5.69 Å². The Hall–Kier alpha value is -1.14.